The molecule has 1 aromatic carbocycles. The van der Waals surface area contributed by atoms with Crippen LogP contribution < -0.4 is 0 Å². The molecule has 22 heavy (non-hydrogen) atoms. The van der Waals surface area contributed by atoms with E-state index in [2.05, 4.69) is 30.8 Å². The molecule has 1 amide bonds. The molecular formula is C20H35NO. The summed E-state index contributed by atoms with van der Waals surface area (Å²) >= 11 is 0. The number of piperidine rings is 1. The smallest absolute Gasteiger partial charge is 0.219 e. The van der Waals surface area contributed by atoms with Crippen molar-refractivity contribution in [2.75, 3.05) is 13.1 Å². The molecule has 1 saturated heterocycles. The van der Waals surface area contributed by atoms with Crippen molar-refractivity contribution >= 4 is 5.91 Å². The fourth-order valence-corrected chi connectivity index (χ4v) is 2.26. The van der Waals surface area contributed by atoms with Crippen LogP contribution in [0.3, 0.4) is 0 Å². The number of hydrogen-bond acceptors (Lipinski definition) is 1. The monoisotopic (exact) mass is 305 g/mol. The second-order valence-electron chi connectivity index (χ2n) is 4.62. The van der Waals surface area contributed by atoms with Gasteiger partial charge in [0.25, 0.3) is 0 Å². The molecule has 2 nitrogen and oxygen atoms in total. The predicted octanol–water partition coefficient (Wildman–Crippen LogP) is 5.66. The Kier molecular flexibility index (Phi) is 16.3. The molecule has 0 radical (unpaired) electrons. The Hall–Kier alpha value is -1.57. The molecule has 0 saturated carbocycles. The second-order valence-corrected chi connectivity index (χ2v) is 4.62. The highest BCUT2D eigenvalue weighted by molar-refractivity contribution is 5.73. The summed E-state index contributed by atoms with van der Waals surface area (Å²) in [6.07, 6.45) is 4.08. The first-order valence-electron chi connectivity index (χ1n) is 8.56. The van der Waals surface area contributed by atoms with Crippen molar-refractivity contribution < 1.29 is 4.79 Å². The Labute approximate surface area is 138 Å². The van der Waals surface area contributed by atoms with Crippen LogP contribution in [0.5, 0.6) is 0 Å². The summed E-state index contributed by atoms with van der Waals surface area (Å²) in [5.41, 5.74) is 1.36. The van der Waals surface area contributed by atoms with E-state index < -0.39 is 0 Å². The minimum atomic E-state index is 0.204. The van der Waals surface area contributed by atoms with Gasteiger partial charge in [0.05, 0.1) is 0 Å². The Morgan fingerprint density at radius 1 is 1.18 bits per heavy atom. The van der Waals surface area contributed by atoms with E-state index >= 15 is 0 Å². The van der Waals surface area contributed by atoms with E-state index in [0.717, 1.165) is 19.5 Å². The minimum absolute atomic E-state index is 0.204. The zero-order valence-electron chi connectivity index (χ0n) is 15.4. The summed E-state index contributed by atoms with van der Waals surface area (Å²) in [5, 5.41) is 0. The summed E-state index contributed by atoms with van der Waals surface area (Å²) in [4.78, 5) is 13.3. The first-order chi connectivity index (χ1) is 10.7. The SMILES string of the molecule is C=CC.CC.CC.CC(=O)N1CCCC(c2ccccc2)C1. The largest absolute Gasteiger partial charge is 0.342 e. The molecule has 0 aromatic heterocycles. The lowest BCUT2D eigenvalue weighted by Crippen LogP contribution is -2.37. The van der Waals surface area contributed by atoms with E-state index in [-0.39, 0.29) is 5.91 Å². The van der Waals surface area contributed by atoms with E-state index in [4.69, 9.17) is 0 Å². The van der Waals surface area contributed by atoms with Crippen molar-refractivity contribution in [1.29, 1.82) is 0 Å². The average molecular weight is 306 g/mol. The van der Waals surface area contributed by atoms with Crippen molar-refractivity contribution in [1.82, 2.24) is 4.90 Å². The molecule has 2 heteroatoms. The minimum Gasteiger partial charge on any atom is -0.342 e. The molecule has 1 unspecified atom stereocenters. The highest BCUT2D eigenvalue weighted by Gasteiger charge is 2.22. The Balaban J connectivity index is 0. The zero-order chi connectivity index (χ0) is 17.4. The first kappa shape index (κ1) is 22.7. The average Bonchev–Trinajstić information content (AvgIpc) is 2.60. The van der Waals surface area contributed by atoms with Gasteiger partial charge in [-0.1, -0.05) is 64.1 Å². The summed E-state index contributed by atoms with van der Waals surface area (Å²) < 4.78 is 0. The van der Waals surface area contributed by atoms with Gasteiger partial charge in [-0.05, 0) is 25.3 Å². The molecule has 1 aliphatic rings. The maximum absolute atomic E-state index is 11.3. The van der Waals surface area contributed by atoms with Crippen LogP contribution in [0.4, 0.5) is 0 Å². The van der Waals surface area contributed by atoms with Gasteiger partial charge in [-0.3, -0.25) is 4.79 Å². The molecule has 1 atom stereocenters. The third-order valence-corrected chi connectivity index (χ3v) is 3.14. The highest BCUT2D eigenvalue weighted by Crippen LogP contribution is 2.26. The van der Waals surface area contributed by atoms with Crippen LogP contribution in [0.25, 0.3) is 0 Å². The van der Waals surface area contributed by atoms with Gasteiger partial charge in [0.1, 0.15) is 0 Å². The zero-order valence-corrected chi connectivity index (χ0v) is 15.4. The molecule has 2 rings (SSSR count). The van der Waals surface area contributed by atoms with Crippen LogP contribution in [0.2, 0.25) is 0 Å². The number of likely N-dealkylation sites (tertiary alicyclic amines) is 1. The van der Waals surface area contributed by atoms with E-state index in [9.17, 15) is 4.79 Å². The molecule has 0 aliphatic carbocycles. The molecule has 1 aromatic rings. The summed E-state index contributed by atoms with van der Waals surface area (Å²) in [5.74, 6) is 0.736. The summed E-state index contributed by atoms with van der Waals surface area (Å²) in [6.45, 7) is 16.7. The Morgan fingerprint density at radius 2 is 1.68 bits per heavy atom. The summed E-state index contributed by atoms with van der Waals surface area (Å²) in [7, 11) is 0. The van der Waals surface area contributed by atoms with Crippen LogP contribution in [-0.4, -0.2) is 23.9 Å². The van der Waals surface area contributed by atoms with E-state index in [1.165, 1.54) is 12.0 Å². The maximum atomic E-state index is 11.3. The van der Waals surface area contributed by atoms with Crippen LogP contribution in [0.15, 0.2) is 43.0 Å². The first-order valence-corrected chi connectivity index (χ1v) is 8.56. The van der Waals surface area contributed by atoms with Gasteiger partial charge in [-0.25, -0.2) is 0 Å². The van der Waals surface area contributed by atoms with Gasteiger partial charge in [-0.15, -0.1) is 6.58 Å². The van der Waals surface area contributed by atoms with Crippen LogP contribution in [-0.2, 0) is 4.79 Å². The lowest BCUT2D eigenvalue weighted by atomic mass is 9.91. The molecule has 1 fully saturated rings. The second kappa shape index (κ2) is 15.8. The number of carbonyl (C=O) groups is 1. The number of carbonyl (C=O) groups excluding carboxylic acids is 1. The van der Waals surface area contributed by atoms with Gasteiger partial charge < -0.3 is 4.90 Å². The molecule has 0 N–H and O–H groups in total. The van der Waals surface area contributed by atoms with Crippen molar-refractivity contribution in [3.05, 3.63) is 48.6 Å². The Bertz CT molecular complexity index is 373. The van der Waals surface area contributed by atoms with Gasteiger partial charge in [-0.2, -0.15) is 0 Å². The lowest BCUT2D eigenvalue weighted by Gasteiger charge is -2.32. The van der Waals surface area contributed by atoms with Crippen molar-refractivity contribution in [3.63, 3.8) is 0 Å². The number of benzene rings is 1. The molecule has 0 spiro atoms. The molecule has 126 valence electrons. The van der Waals surface area contributed by atoms with Crippen molar-refractivity contribution in [3.8, 4) is 0 Å². The normalized spacial score (nSPS) is 15.7. The van der Waals surface area contributed by atoms with Crippen LogP contribution in [0.1, 0.15) is 65.9 Å². The fourth-order valence-electron chi connectivity index (χ4n) is 2.26. The van der Waals surface area contributed by atoms with Crippen LogP contribution in [0, 0.1) is 0 Å². The van der Waals surface area contributed by atoms with Crippen molar-refractivity contribution in [2.45, 2.75) is 60.3 Å². The van der Waals surface area contributed by atoms with Gasteiger partial charge in [0.15, 0.2) is 0 Å². The Morgan fingerprint density at radius 3 is 2.14 bits per heavy atom. The number of hydrogen-bond donors (Lipinski definition) is 0. The molecule has 1 aliphatic heterocycles. The molecular weight excluding hydrogens is 270 g/mol. The molecule has 0 bridgehead atoms. The number of amides is 1. The topological polar surface area (TPSA) is 20.3 Å². The highest BCUT2D eigenvalue weighted by atomic mass is 16.2. The fraction of sp³-hybridized carbons (Fsp3) is 0.550. The van der Waals surface area contributed by atoms with Crippen molar-refractivity contribution in [2.24, 2.45) is 0 Å². The third-order valence-electron chi connectivity index (χ3n) is 3.14. The van der Waals surface area contributed by atoms with E-state index in [0.29, 0.717) is 5.92 Å². The predicted molar refractivity (Wildman–Crippen MR) is 99.2 cm³/mol. The molecule has 1 heterocycles. The van der Waals surface area contributed by atoms with Gasteiger partial charge in [0, 0.05) is 25.9 Å². The number of nitrogens with zero attached hydrogens (tertiary/aromatic N) is 1. The third kappa shape index (κ3) is 9.38. The number of rotatable bonds is 1. The lowest BCUT2D eigenvalue weighted by molar-refractivity contribution is -0.130. The maximum Gasteiger partial charge on any atom is 0.219 e. The standard InChI is InChI=1S/C13H17NO.C3H6.2C2H6/c1-11(15)14-9-5-8-13(10-14)12-6-3-2-4-7-12;1-3-2;2*1-2/h2-4,6-7,13H,5,8-10H2,1H3;3H,1H2,2H3;2*1-2H3. The quantitative estimate of drug-likeness (QED) is 0.613. The number of allylic oxidation sites excluding steroid dienone is 1. The van der Waals surface area contributed by atoms with Gasteiger partial charge >= 0.3 is 0 Å². The van der Waals surface area contributed by atoms with Gasteiger partial charge in [0.2, 0.25) is 5.91 Å². The van der Waals surface area contributed by atoms with E-state index in [1.54, 1.807) is 13.0 Å². The summed E-state index contributed by atoms with van der Waals surface area (Å²) in [6, 6.07) is 10.5. The van der Waals surface area contributed by atoms with Crippen LogP contribution >= 0.6 is 0 Å². The van der Waals surface area contributed by atoms with E-state index in [1.807, 2.05) is 45.6 Å².